The number of para-hydroxylation sites is 1. The molecule has 132 valence electrons. The normalized spacial score (nSPS) is 11.7. The van der Waals surface area contributed by atoms with Crippen LogP contribution in [-0.2, 0) is 0 Å². The molecule has 6 nitrogen and oxygen atoms in total. The van der Waals surface area contributed by atoms with E-state index in [1.807, 2.05) is 24.3 Å². The summed E-state index contributed by atoms with van der Waals surface area (Å²) in [5.41, 5.74) is 1.43. The topological polar surface area (TPSA) is 80.9 Å². The summed E-state index contributed by atoms with van der Waals surface area (Å²) in [6.07, 6.45) is 1.58. The van der Waals surface area contributed by atoms with Gasteiger partial charge in [-0.05, 0) is 42.5 Å². The molecule has 0 aliphatic heterocycles. The van der Waals surface area contributed by atoms with Crippen LogP contribution in [0.1, 0.15) is 16.6 Å². The summed E-state index contributed by atoms with van der Waals surface area (Å²) in [7, 11) is 1.60. The number of nitriles is 1. The Balaban J connectivity index is 1.62. The van der Waals surface area contributed by atoms with Gasteiger partial charge in [0.15, 0.2) is 0 Å². The minimum Gasteiger partial charge on any atom is -0.497 e. The van der Waals surface area contributed by atoms with E-state index in [0.29, 0.717) is 16.5 Å². The van der Waals surface area contributed by atoms with Gasteiger partial charge in [0.05, 0.1) is 29.1 Å². The molecule has 0 saturated carbocycles. The fourth-order valence-electron chi connectivity index (χ4n) is 2.57. The smallest absolute Gasteiger partial charge is 0.322 e. The van der Waals surface area contributed by atoms with Gasteiger partial charge in [0.2, 0.25) is 0 Å². The van der Waals surface area contributed by atoms with Gasteiger partial charge in [0.25, 0.3) is 0 Å². The zero-order valence-electron chi connectivity index (χ0n) is 14.4. The van der Waals surface area contributed by atoms with Gasteiger partial charge in [-0.3, -0.25) is 0 Å². The molecule has 0 amide bonds. The Morgan fingerprint density at radius 2 is 1.78 bits per heavy atom. The Hall–Kier alpha value is -3.50. The number of fused-ring (bicyclic) bond motifs is 1. The Morgan fingerprint density at radius 3 is 2.52 bits per heavy atom. The number of benzene rings is 2. The fourth-order valence-corrected chi connectivity index (χ4v) is 3.60. The fraction of sp³-hybridized carbons (Fsp3) is 0.100. The molecule has 4 aromatic rings. The van der Waals surface area contributed by atoms with Gasteiger partial charge in [-0.25, -0.2) is 9.97 Å². The van der Waals surface area contributed by atoms with Crippen molar-refractivity contribution < 1.29 is 9.47 Å². The van der Waals surface area contributed by atoms with Crippen LogP contribution >= 0.6 is 11.3 Å². The number of nitrogens with zero attached hydrogens (tertiary/aromatic N) is 4. The monoisotopic (exact) mass is 374 g/mol. The van der Waals surface area contributed by atoms with Crippen LogP contribution in [0.25, 0.3) is 10.2 Å². The second-order valence-electron chi connectivity index (χ2n) is 5.62. The lowest BCUT2D eigenvalue weighted by atomic mass is 10.1. The molecule has 4 rings (SSSR count). The maximum atomic E-state index is 9.70. The number of thiazole rings is 1. The second-order valence-corrected chi connectivity index (χ2v) is 6.69. The molecule has 2 aromatic carbocycles. The molecule has 7 heteroatoms. The maximum absolute atomic E-state index is 9.70. The summed E-state index contributed by atoms with van der Waals surface area (Å²) >= 11 is 1.49. The summed E-state index contributed by atoms with van der Waals surface area (Å²) in [4.78, 5) is 13.1. The second kappa shape index (κ2) is 7.40. The van der Waals surface area contributed by atoms with Crippen molar-refractivity contribution in [3.8, 4) is 23.6 Å². The summed E-state index contributed by atoms with van der Waals surface area (Å²) in [5.74, 6) is 0.738. The first-order valence-electron chi connectivity index (χ1n) is 8.17. The van der Waals surface area contributed by atoms with E-state index in [1.54, 1.807) is 43.6 Å². The summed E-state index contributed by atoms with van der Waals surface area (Å²) in [6, 6.07) is 19.1. The Morgan fingerprint density at radius 1 is 1.00 bits per heavy atom. The highest BCUT2D eigenvalue weighted by molar-refractivity contribution is 7.18. The molecule has 2 aromatic heterocycles. The number of hydrogen-bond acceptors (Lipinski definition) is 7. The molecule has 0 aliphatic carbocycles. The molecule has 2 heterocycles. The maximum Gasteiger partial charge on any atom is 0.322 e. The molecular formula is C20H14N4O2S. The van der Waals surface area contributed by atoms with Gasteiger partial charge < -0.3 is 9.47 Å². The van der Waals surface area contributed by atoms with Crippen molar-refractivity contribution >= 4 is 21.6 Å². The highest BCUT2D eigenvalue weighted by atomic mass is 32.1. The first-order chi connectivity index (χ1) is 13.3. The van der Waals surface area contributed by atoms with Crippen molar-refractivity contribution in [2.45, 2.75) is 5.92 Å². The molecule has 1 atom stereocenters. The van der Waals surface area contributed by atoms with E-state index < -0.39 is 5.92 Å². The van der Waals surface area contributed by atoms with E-state index in [1.165, 1.54) is 11.3 Å². The van der Waals surface area contributed by atoms with Gasteiger partial charge in [-0.15, -0.1) is 11.3 Å². The number of methoxy groups -OCH3 is 1. The Labute approximate surface area is 159 Å². The lowest BCUT2D eigenvalue weighted by Crippen LogP contribution is -2.03. The summed E-state index contributed by atoms with van der Waals surface area (Å²) < 4.78 is 11.9. The van der Waals surface area contributed by atoms with E-state index in [4.69, 9.17) is 9.47 Å². The molecule has 0 spiro atoms. The Kier molecular flexibility index (Phi) is 4.64. The van der Waals surface area contributed by atoms with Gasteiger partial charge >= 0.3 is 6.01 Å². The molecule has 27 heavy (non-hydrogen) atoms. The van der Waals surface area contributed by atoms with Crippen LogP contribution in [0.2, 0.25) is 0 Å². The molecular weight excluding hydrogens is 360 g/mol. The van der Waals surface area contributed by atoms with Crippen molar-refractivity contribution in [2.24, 2.45) is 0 Å². The quantitative estimate of drug-likeness (QED) is 0.510. The minimum atomic E-state index is -0.580. The number of aromatic nitrogens is 3. The van der Waals surface area contributed by atoms with Crippen LogP contribution in [-0.4, -0.2) is 22.1 Å². The molecule has 0 aliphatic rings. The van der Waals surface area contributed by atoms with Crippen LogP contribution in [0.4, 0.5) is 0 Å². The van der Waals surface area contributed by atoms with Gasteiger partial charge in [-0.2, -0.15) is 10.2 Å². The average molecular weight is 374 g/mol. The third-order valence-corrected chi connectivity index (χ3v) is 5.01. The lowest BCUT2D eigenvalue weighted by Gasteiger charge is -2.08. The van der Waals surface area contributed by atoms with E-state index in [0.717, 1.165) is 16.0 Å². The van der Waals surface area contributed by atoms with Crippen LogP contribution < -0.4 is 9.47 Å². The molecule has 0 fully saturated rings. The first kappa shape index (κ1) is 16.9. The van der Waals surface area contributed by atoms with Gasteiger partial charge in [0, 0.05) is 6.20 Å². The van der Waals surface area contributed by atoms with Crippen molar-refractivity contribution in [1.82, 2.24) is 15.0 Å². The molecule has 0 radical (unpaired) electrons. The third kappa shape index (κ3) is 3.57. The highest BCUT2D eigenvalue weighted by Crippen LogP contribution is 2.31. The summed E-state index contributed by atoms with van der Waals surface area (Å²) in [6.45, 7) is 0. The average Bonchev–Trinajstić information content (AvgIpc) is 3.13. The SMILES string of the molecule is COc1ccc(Oc2nccc(C(C#N)c3nc4ccccc4s3)n2)cc1. The first-order valence-corrected chi connectivity index (χ1v) is 8.98. The number of hydrogen-bond donors (Lipinski definition) is 0. The van der Waals surface area contributed by atoms with E-state index in [9.17, 15) is 5.26 Å². The summed E-state index contributed by atoms with van der Waals surface area (Å²) in [5, 5.41) is 10.4. The van der Waals surface area contributed by atoms with E-state index in [-0.39, 0.29) is 6.01 Å². The molecule has 1 unspecified atom stereocenters. The van der Waals surface area contributed by atoms with Crippen LogP contribution in [0.15, 0.2) is 60.8 Å². The van der Waals surface area contributed by atoms with Crippen molar-refractivity contribution in [3.05, 3.63) is 71.5 Å². The Bertz CT molecular complexity index is 1090. The predicted molar refractivity (Wildman–Crippen MR) is 102 cm³/mol. The van der Waals surface area contributed by atoms with Crippen molar-refractivity contribution in [3.63, 3.8) is 0 Å². The zero-order chi connectivity index (χ0) is 18.6. The molecule has 0 N–H and O–H groups in total. The van der Waals surface area contributed by atoms with Crippen molar-refractivity contribution in [2.75, 3.05) is 7.11 Å². The van der Waals surface area contributed by atoms with E-state index in [2.05, 4.69) is 21.0 Å². The standard InChI is InChI=1S/C20H14N4O2S/c1-25-13-6-8-14(9-7-13)26-20-22-11-10-16(24-20)15(12-21)19-23-17-4-2-3-5-18(17)27-19/h2-11,15H,1H3. The highest BCUT2D eigenvalue weighted by Gasteiger charge is 2.20. The molecule has 0 bridgehead atoms. The van der Waals surface area contributed by atoms with Crippen LogP contribution in [0, 0.1) is 11.3 Å². The third-order valence-electron chi connectivity index (χ3n) is 3.91. The number of ether oxygens (including phenoxy) is 2. The minimum absolute atomic E-state index is 0.180. The van der Waals surface area contributed by atoms with Crippen molar-refractivity contribution in [1.29, 1.82) is 5.26 Å². The van der Waals surface area contributed by atoms with Gasteiger partial charge in [-0.1, -0.05) is 12.1 Å². The van der Waals surface area contributed by atoms with Crippen LogP contribution in [0.3, 0.4) is 0 Å². The van der Waals surface area contributed by atoms with E-state index >= 15 is 0 Å². The number of rotatable bonds is 5. The molecule has 0 saturated heterocycles. The predicted octanol–water partition coefficient (Wildman–Crippen LogP) is 4.54. The largest absolute Gasteiger partial charge is 0.497 e. The van der Waals surface area contributed by atoms with Gasteiger partial charge in [0.1, 0.15) is 22.4 Å². The zero-order valence-corrected chi connectivity index (χ0v) is 15.2. The lowest BCUT2D eigenvalue weighted by molar-refractivity contribution is 0.410. The van der Waals surface area contributed by atoms with Crippen LogP contribution in [0.5, 0.6) is 17.5 Å².